The molecule has 1 aromatic heterocycles. The number of anilines is 1. The molecule has 3 rings (SSSR count). The molecule has 0 unspecified atom stereocenters. The number of carbonyl (C=O) groups excluding carboxylic acids is 1. The van der Waals surface area contributed by atoms with E-state index in [2.05, 4.69) is 10.3 Å². The predicted octanol–water partition coefficient (Wildman–Crippen LogP) is 4.25. The first-order valence-electron chi connectivity index (χ1n) is 6.25. The van der Waals surface area contributed by atoms with E-state index in [1.807, 2.05) is 0 Å². The summed E-state index contributed by atoms with van der Waals surface area (Å²) >= 11 is 6.78. The van der Waals surface area contributed by atoms with Crippen molar-refractivity contribution < 1.29 is 14.1 Å². The van der Waals surface area contributed by atoms with Gasteiger partial charge in [0, 0.05) is 11.1 Å². The lowest BCUT2D eigenvalue weighted by Gasteiger charge is -2.03. The molecule has 23 heavy (non-hydrogen) atoms. The standard InChI is InChI=1S/C14H7ClFN3O3S/c15-7-1-3-9(11(5-7)19(21)22)13(20)18-14-17-10-4-2-8(16)6-12(10)23-14/h1-6H,(H,17,18,20). The van der Waals surface area contributed by atoms with Crippen molar-refractivity contribution in [1.82, 2.24) is 4.98 Å². The molecule has 0 atom stereocenters. The zero-order chi connectivity index (χ0) is 16.6. The van der Waals surface area contributed by atoms with Crippen LogP contribution < -0.4 is 5.32 Å². The maximum absolute atomic E-state index is 13.2. The summed E-state index contributed by atoms with van der Waals surface area (Å²) in [4.78, 5) is 26.7. The van der Waals surface area contributed by atoms with Gasteiger partial charge in [0.15, 0.2) is 5.13 Å². The van der Waals surface area contributed by atoms with Crippen molar-refractivity contribution in [2.45, 2.75) is 0 Å². The second kappa shape index (κ2) is 5.90. The van der Waals surface area contributed by atoms with Gasteiger partial charge in [-0.1, -0.05) is 22.9 Å². The molecule has 1 N–H and O–H groups in total. The summed E-state index contributed by atoms with van der Waals surface area (Å²) in [6, 6.07) is 7.80. The van der Waals surface area contributed by atoms with E-state index >= 15 is 0 Å². The first-order valence-corrected chi connectivity index (χ1v) is 7.45. The Labute approximate surface area is 137 Å². The Balaban J connectivity index is 1.93. The topological polar surface area (TPSA) is 85.1 Å². The third-order valence-electron chi connectivity index (χ3n) is 2.97. The van der Waals surface area contributed by atoms with Gasteiger partial charge in [-0.3, -0.25) is 20.2 Å². The minimum Gasteiger partial charge on any atom is -0.298 e. The van der Waals surface area contributed by atoms with Crippen molar-refractivity contribution in [3.63, 3.8) is 0 Å². The van der Waals surface area contributed by atoms with Crippen LogP contribution >= 0.6 is 22.9 Å². The lowest BCUT2D eigenvalue weighted by Crippen LogP contribution is -2.13. The largest absolute Gasteiger partial charge is 0.298 e. The highest BCUT2D eigenvalue weighted by Gasteiger charge is 2.21. The zero-order valence-electron chi connectivity index (χ0n) is 11.2. The molecular weight excluding hydrogens is 345 g/mol. The maximum Gasteiger partial charge on any atom is 0.283 e. The molecule has 0 saturated carbocycles. The molecule has 3 aromatic rings. The number of thiazole rings is 1. The quantitative estimate of drug-likeness (QED) is 0.564. The van der Waals surface area contributed by atoms with E-state index in [0.717, 1.165) is 17.4 Å². The van der Waals surface area contributed by atoms with Gasteiger partial charge in [0.1, 0.15) is 11.4 Å². The third kappa shape index (κ3) is 3.13. The average molecular weight is 352 g/mol. The number of nitrogens with zero attached hydrogens (tertiary/aromatic N) is 2. The molecule has 1 amide bonds. The van der Waals surface area contributed by atoms with Crippen LogP contribution in [-0.2, 0) is 0 Å². The molecule has 0 aliphatic rings. The van der Waals surface area contributed by atoms with Crippen LogP contribution in [0.4, 0.5) is 15.2 Å². The highest BCUT2D eigenvalue weighted by Crippen LogP contribution is 2.28. The predicted molar refractivity (Wildman–Crippen MR) is 85.6 cm³/mol. The molecule has 0 bridgehead atoms. The molecule has 116 valence electrons. The number of nitrogens with one attached hydrogen (secondary N) is 1. The van der Waals surface area contributed by atoms with E-state index in [1.54, 1.807) is 0 Å². The van der Waals surface area contributed by atoms with Gasteiger partial charge >= 0.3 is 0 Å². The number of rotatable bonds is 3. The second-order valence-electron chi connectivity index (χ2n) is 4.50. The monoisotopic (exact) mass is 351 g/mol. The van der Waals surface area contributed by atoms with Crippen LogP contribution in [0.1, 0.15) is 10.4 Å². The number of hydrogen-bond donors (Lipinski definition) is 1. The van der Waals surface area contributed by atoms with E-state index in [4.69, 9.17) is 11.6 Å². The molecule has 9 heteroatoms. The van der Waals surface area contributed by atoms with Crippen LogP contribution in [0.25, 0.3) is 10.2 Å². The minimum atomic E-state index is -0.687. The molecular formula is C14H7ClFN3O3S. The normalized spacial score (nSPS) is 10.7. The second-order valence-corrected chi connectivity index (χ2v) is 5.97. The van der Waals surface area contributed by atoms with Crippen LogP contribution in [0.3, 0.4) is 0 Å². The van der Waals surface area contributed by atoms with Crippen LogP contribution in [0.5, 0.6) is 0 Å². The Hall–Kier alpha value is -2.58. The summed E-state index contributed by atoms with van der Waals surface area (Å²) in [5, 5.41) is 13.9. The van der Waals surface area contributed by atoms with Gasteiger partial charge in [-0.15, -0.1) is 0 Å². The molecule has 0 fully saturated rings. The van der Waals surface area contributed by atoms with E-state index in [0.29, 0.717) is 10.2 Å². The summed E-state index contributed by atoms with van der Waals surface area (Å²) in [5.41, 5.74) is -0.00991. The first-order chi connectivity index (χ1) is 10.9. The van der Waals surface area contributed by atoms with Gasteiger partial charge in [0.05, 0.1) is 15.1 Å². The SMILES string of the molecule is O=C(Nc1nc2ccc(F)cc2s1)c1ccc(Cl)cc1[N+](=O)[O-]. The Kier molecular flexibility index (Phi) is 3.93. The Bertz CT molecular complexity index is 944. The fraction of sp³-hybridized carbons (Fsp3) is 0. The summed E-state index contributed by atoms with van der Waals surface area (Å²) in [5.74, 6) is -1.10. The van der Waals surface area contributed by atoms with Crippen molar-refractivity contribution in [2.24, 2.45) is 0 Å². The molecule has 0 radical (unpaired) electrons. The summed E-state index contributed by atoms with van der Waals surface area (Å²) in [7, 11) is 0. The number of nitro benzene ring substituents is 1. The fourth-order valence-corrected chi connectivity index (χ4v) is 3.02. The van der Waals surface area contributed by atoms with Gasteiger partial charge in [0.25, 0.3) is 11.6 Å². The van der Waals surface area contributed by atoms with Crippen molar-refractivity contribution >= 4 is 49.9 Å². The number of carbonyl (C=O) groups is 1. The van der Waals surface area contributed by atoms with E-state index in [1.165, 1.54) is 30.3 Å². The molecule has 0 saturated heterocycles. The molecule has 0 aliphatic heterocycles. The molecule has 2 aromatic carbocycles. The van der Waals surface area contributed by atoms with Crippen LogP contribution in [0.2, 0.25) is 5.02 Å². The smallest absolute Gasteiger partial charge is 0.283 e. The Morgan fingerprint density at radius 3 is 2.83 bits per heavy atom. The number of amides is 1. The van der Waals surface area contributed by atoms with Crippen molar-refractivity contribution in [1.29, 1.82) is 0 Å². The lowest BCUT2D eigenvalue weighted by atomic mass is 10.1. The number of fused-ring (bicyclic) bond motifs is 1. The number of hydrogen-bond acceptors (Lipinski definition) is 5. The first kappa shape index (κ1) is 15.3. The number of aromatic nitrogens is 1. The Morgan fingerprint density at radius 2 is 2.09 bits per heavy atom. The highest BCUT2D eigenvalue weighted by molar-refractivity contribution is 7.22. The zero-order valence-corrected chi connectivity index (χ0v) is 12.8. The van der Waals surface area contributed by atoms with Gasteiger partial charge < -0.3 is 0 Å². The summed E-state index contributed by atoms with van der Waals surface area (Å²) in [6.45, 7) is 0. The number of nitro groups is 1. The minimum absolute atomic E-state index is 0.134. The van der Waals surface area contributed by atoms with Gasteiger partial charge in [-0.05, 0) is 30.3 Å². The fourth-order valence-electron chi connectivity index (χ4n) is 1.96. The summed E-state index contributed by atoms with van der Waals surface area (Å²) in [6.07, 6.45) is 0. The van der Waals surface area contributed by atoms with Gasteiger partial charge in [-0.2, -0.15) is 0 Å². The van der Waals surface area contributed by atoms with Crippen molar-refractivity contribution in [3.8, 4) is 0 Å². The lowest BCUT2D eigenvalue weighted by molar-refractivity contribution is -0.385. The van der Waals surface area contributed by atoms with Gasteiger partial charge in [0.2, 0.25) is 0 Å². The number of benzene rings is 2. The van der Waals surface area contributed by atoms with Crippen LogP contribution in [0.15, 0.2) is 36.4 Å². The van der Waals surface area contributed by atoms with Crippen molar-refractivity contribution in [3.05, 3.63) is 62.9 Å². The van der Waals surface area contributed by atoms with E-state index < -0.39 is 22.3 Å². The molecule has 6 nitrogen and oxygen atoms in total. The molecule has 1 heterocycles. The Morgan fingerprint density at radius 1 is 1.30 bits per heavy atom. The van der Waals surface area contributed by atoms with Gasteiger partial charge in [-0.25, -0.2) is 9.37 Å². The van der Waals surface area contributed by atoms with Crippen LogP contribution in [0, 0.1) is 15.9 Å². The molecule has 0 spiro atoms. The maximum atomic E-state index is 13.2. The van der Waals surface area contributed by atoms with E-state index in [9.17, 15) is 19.3 Å². The average Bonchev–Trinajstić information content (AvgIpc) is 2.88. The third-order valence-corrected chi connectivity index (χ3v) is 4.14. The highest BCUT2D eigenvalue weighted by atomic mass is 35.5. The van der Waals surface area contributed by atoms with Crippen molar-refractivity contribution in [2.75, 3.05) is 5.32 Å². The van der Waals surface area contributed by atoms with Crippen LogP contribution in [-0.4, -0.2) is 15.8 Å². The number of halogens is 2. The van der Waals surface area contributed by atoms with E-state index in [-0.39, 0.29) is 15.7 Å². The molecule has 0 aliphatic carbocycles. The summed E-state index contributed by atoms with van der Waals surface area (Å²) < 4.78 is 13.7.